The highest BCUT2D eigenvalue weighted by Crippen LogP contribution is 2.21. The van der Waals surface area contributed by atoms with Crippen LogP contribution in [0.4, 0.5) is 0 Å². The Morgan fingerprint density at radius 1 is 1.27 bits per heavy atom. The molecule has 1 rings (SSSR count). The highest BCUT2D eigenvalue weighted by atomic mass is 15.1. The summed E-state index contributed by atoms with van der Waals surface area (Å²) in [6, 6.07) is 0. The van der Waals surface area contributed by atoms with E-state index in [9.17, 15) is 0 Å². The van der Waals surface area contributed by atoms with Gasteiger partial charge in [-0.15, -0.1) is 0 Å². The monoisotopic (exact) mass is 157 g/mol. The molecular formula is C10H23N. The van der Waals surface area contributed by atoms with Crippen molar-refractivity contribution in [3.05, 3.63) is 0 Å². The highest BCUT2D eigenvalue weighted by Gasteiger charge is 2.21. The first-order chi connectivity index (χ1) is 5.20. The van der Waals surface area contributed by atoms with Crippen LogP contribution in [0.3, 0.4) is 0 Å². The Labute approximate surface area is 71.8 Å². The van der Waals surface area contributed by atoms with Gasteiger partial charge in [-0.3, -0.25) is 0 Å². The van der Waals surface area contributed by atoms with Crippen molar-refractivity contribution in [2.24, 2.45) is 11.8 Å². The number of rotatable bonds is 1. The van der Waals surface area contributed by atoms with E-state index < -0.39 is 0 Å². The summed E-state index contributed by atoms with van der Waals surface area (Å²) in [6.07, 6.45) is 1.41. The van der Waals surface area contributed by atoms with Gasteiger partial charge >= 0.3 is 0 Å². The number of hydrogen-bond acceptors (Lipinski definition) is 1. The van der Waals surface area contributed by atoms with E-state index in [-0.39, 0.29) is 0 Å². The average Bonchev–Trinajstić information content (AvgIpc) is 2.40. The maximum atomic E-state index is 2.42. The lowest BCUT2D eigenvalue weighted by atomic mass is 9.95. The van der Waals surface area contributed by atoms with E-state index in [0.717, 1.165) is 11.8 Å². The Kier molecular flexibility index (Phi) is 5.57. The van der Waals surface area contributed by atoms with Crippen molar-refractivity contribution in [1.29, 1.82) is 0 Å². The van der Waals surface area contributed by atoms with Crippen LogP contribution in [-0.4, -0.2) is 25.0 Å². The molecule has 0 aromatic carbocycles. The molecule has 1 heterocycles. The Morgan fingerprint density at radius 2 is 1.82 bits per heavy atom. The van der Waals surface area contributed by atoms with E-state index in [1.165, 1.54) is 19.5 Å². The van der Waals surface area contributed by atoms with E-state index in [0.29, 0.717) is 0 Å². The smallest absolute Gasteiger partial charge is 0.000953 e. The van der Waals surface area contributed by atoms with E-state index in [4.69, 9.17) is 0 Å². The minimum absolute atomic E-state index is 0.884. The minimum atomic E-state index is 0.884. The van der Waals surface area contributed by atoms with Crippen molar-refractivity contribution in [3.63, 3.8) is 0 Å². The fraction of sp³-hybridized carbons (Fsp3) is 1.00. The summed E-state index contributed by atoms with van der Waals surface area (Å²) >= 11 is 0. The molecule has 0 aromatic rings. The number of hydrogen-bond donors (Lipinski definition) is 0. The van der Waals surface area contributed by atoms with E-state index in [1.807, 2.05) is 13.8 Å². The zero-order valence-electron chi connectivity index (χ0n) is 8.72. The Morgan fingerprint density at radius 3 is 2.00 bits per heavy atom. The molecule has 11 heavy (non-hydrogen) atoms. The van der Waals surface area contributed by atoms with Crippen LogP contribution in [0.1, 0.15) is 34.1 Å². The predicted molar refractivity (Wildman–Crippen MR) is 51.8 cm³/mol. The van der Waals surface area contributed by atoms with Gasteiger partial charge in [0.15, 0.2) is 0 Å². The van der Waals surface area contributed by atoms with Crippen molar-refractivity contribution >= 4 is 0 Å². The van der Waals surface area contributed by atoms with E-state index in [1.54, 1.807) is 0 Å². The van der Waals surface area contributed by atoms with Gasteiger partial charge in [-0.25, -0.2) is 0 Å². The van der Waals surface area contributed by atoms with Gasteiger partial charge in [-0.2, -0.15) is 0 Å². The van der Waals surface area contributed by atoms with Crippen LogP contribution in [0.5, 0.6) is 0 Å². The SMILES string of the molecule is CC.CC(C)[C@H]1CCN(C)C1. The number of nitrogens with zero attached hydrogens (tertiary/aromatic N) is 1. The summed E-state index contributed by atoms with van der Waals surface area (Å²) in [5, 5.41) is 0. The van der Waals surface area contributed by atoms with Crippen molar-refractivity contribution in [2.45, 2.75) is 34.1 Å². The summed E-state index contributed by atoms with van der Waals surface area (Å²) in [4.78, 5) is 2.42. The summed E-state index contributed by atoms with van der Waals surface area (Å²) in [6.45, 7) is 11.3. The van der Waals surface area contributed by atoms with Gasteiger partial charge in [-0.05, 0) is 31.8 Å². The van der Waals surface area contributed by atoms with Crippen molar-refractivity contribution in [3.8, 4) is 0 Å². The van der Waals surface area contributed by atoms with Gasteiger partial charge in [0.25, 0.3) is 0 Å². The molecule has 1 nitrogen and oxygen atoms in total. The molecule has 0 aliphatic carbocycles. The van der Waals surface area contributed by atoms with Crippen LogP contribution in [0.25, 0.3) is 0 Å². The maximum absolute atomic E-state index is 2.42. The van der Waals surface area contributed by atoms with E-state index >= 15 is 0 Å². The normalized spacial score (nSPS) is 25.1. The summed E-state index contributed by atoms with van der Waals surface area (Å²) in [7, 11) is 2.21. The van der Waals surface area contributed by atoms with Gasteiger partial charge in [0.1, 0.15) is 0 Å². The molecule has 1 aliphatic rings. The predicted octanol–water partition coefficient (Wildman–Crippen LogP) is 2.62. The van der Waals surface area contributed by atoms with Gasteiger partial charge in [0, 0.05) is 6.54 Å². The topological polar surface area (TPSA) is 3.24 Å². The lowest BCUT2D eigenvalue weighted by Crippen LogP contribution is -2.16. The molecule has 68 valence electrons. The van der Waals surface area contributed by atoms with Gasteiger partial charge in [0.05, 0.1) is 0 Å². The number of likely N-dealkylation sites (tertiary alicyclic amines) is 1. The van der Waals surface area contributed by atoms with Crippen LogP contribution in [0, 0.1) is 11.8 Å². The lowest BCUT2D eigenvalue weighted by Gasteiger charge is -2.13. The zero-order chi connectivity index (χ0) is 8.85. The lowest BCUT2D eigenvalue weighted by molar-refractivity contribution is 0.352. The third kappa shape index (κ3) is 3.76. The van der Waals surface area contributed by atoms with Crippen LogP contribution < -0.4 is 0 Å². The molecular weight excluding hydrogens is 134 g/mol. The first kappa shape index (κ1) is 11.0. The standard InChI is InChI=1S/C8H17N.C2H6/c1-7(2)8-4-5-9(3)6-8;1-2/h7-8H,4-6H2,1-3H3;1-2H3/t8-;/m0./s1. The fourth-order valence-electron chi connectivity index (χ4n) is 1.51. The van der Waals surface area contributed by atoms with Crippen LogP contribution >= 0.6 is 0 Å². The Bertz CT molecular complexity index is 88.9. The largest absolute Gasteiger partial charge is 0.306 e. The van der Waals surface area contributed by atoms with Crippen LogP contribution in [0.15, 0.2) is 0 Å². The van der Waals surface area contributed by atoms with Crippen molar-refractivity contribution in [2.75, 3.05) is 20.1 Å². The second kappa shape index (κ2) is 5.59. The second-order valence-corrected chi connectivity index (χ2v) is 3.56. The highest BCUT2D eigenvalue weighted by molar-refractivity contribution is 4.74. The summed E-state index contributed by atoms with van der Waals surface area (Å²) in [5.41, 5.74) is 0. The fourth-order valence-corrected chi connectivity index (χ4v) is 1.51. The molecule has 0 saturated carbocycles. The molecule has 0 bridgehead atoms. The molecule has 0 spiro atoms. The van der Waals surface area contributed by atoms with Gasteiger partial charge in [0.2, 0.25) is 0 Å². The molecule has 0 unspecified atom stereocenters. The zero-order valence-corrected chi connectivity index (χ0v) is 8.72. The molecule has 0 amide bonds. The third-order valence-electron chi connectivity index (χ3n) is 2.37. The second-order valence-electron chi connectivity index (χ2n) is 3.56. The minimum Gasteiger partial charge on any atom is -0.306 e. The molecule has 0 radical (unpaired) electrons. The van der Waals surface area contributed by atoms with Crippen molar-refractivity contribution < 1.29 is 0 Å². The quantitative estimate of drug-likeness (QED) is 0.565. The van der Waals surface area contributed by atoms with Crippen molar-refractivity contribution in [1.82, 2.24) is 4.90 Å². The molecule has 1 saturated heterocycles. The van der Waals surface area contributed by atoms with Crippen LogP contribution in [0.2, 0.25) is 0 Å². The van der Waals surface area contributed by atoms with Gasteiger partial charge < -0.3 is 4.90 Å². The Hall–Kier alpha value is -0.0400. The molecule has 1 aliphatic heterocycles. The first-order valence-corrected chi connectivity index (χ1v) is 4.88. The summed E-state index contributed by atoms with van der Waals surface area (Å²) in [5.74, 6) is 1.85. The summed E-state index contributed by atoms with van der Waals surface area (Å²) < 4.78 is 0. The maximum Gasteiger partial charge on any atom is 0.000953 e. The molecule has 0 N–H and O–H groups in total. The molecule has 1 heteroatoms. The Balaban J connectivity index is 0.000000461. The molecule has 1 atom stereocenters. The molecule has 0 aromatic heterocycles. The third-order valence-corrected chi connectivity index (χ3v) is 2.37. The van der Waals surface area contributed by atoms with Crippen LogP contribution in [-0.2, 0) is 0 Å². The average molecular weight is 157 g/mol. The van der Waals surface area contributed by atoms with Gasteiger partial charge in [-0.1, -0.05) is 27.7 Å². The van der Waals surface area contributed by atoms with E-state index in [2.05, 4.69) is 25.8 Å². The first-order valence-electron chi connectivity index (χ1n) is 4.88. The molecule has 1 fully saturated rings.